The smallest absolute Gasteiger partial charge is 0.315 e. The van der Waals surface area contributed by atoms with Crippen molar-refractivity contribution in [2.45, 2.75) is 32.7 Å². The minimum Gasteiger partial charge on any atom is -0.492 e. The molecule has 2 amide bonds. The Labute approximate surface area is 159 Å². The van der Waals surface area contributed by atoms with Crippen LogP contribution in [0.15, 0.2) is 42.5 Å². The fourth-order valence-corrected chi connectivity index (χ4v) is 2.68. The summed E-state index contributed by atoms with van der Waals surface area (Å²) >= 11 is 0. The molecule has 1 heterocycles. The van der Waals surface area contributed by atoms with Crippen molar-refractivity contribution >= 4 is 6.03 Å². The number of fused-ring (bicyclic) bond motifs is 1. The molecule has 2 aromatic carbocycles. The minimum absolute atomic E-state index is 0.0756. The van der Waals surface area contributed by atoms with Crippen LogP contribution in [-0.4, -0.2) is 26.0 Å². The van der Waals surface area contributed by atoms with Crippen LogP contribution in [0, 0.1) is 0 Å². The third kappa shape index (κ3) is 5.29. The number of nitrogens with one attached hydrogen (secondary N) is 2. The van der Waals surface area contributed by atoms with Gasteiger partial charge in [0, 0.05) is 6.54 Å². The van der Waals surface area contributed by atoms with Crippen molar-refractivity contribution < 1.29 is 19.0 Å². The maximum atomic E-state index is 11.9. The van der Waals surface area contributed by atoms with E-state index in [4.69, 9.17) is 14.2 Å². The highest BCUT2D eigenvalue weighted by molar-refractivity contribution is 5.73. The lowest BCUT2D eigenvalue weighted by atomic mass is 9.87. The van der Waals surface area contributed by atoms with Gasteiger partial charge in [-0.2, -0.15) is 0 Å². The number of hydrogen-bond acceptors (Lipinski definition) is 4. The summed E-state index contributed by atoms with van der Waals surface area (Å²) in [5.74, 6) is 2.25. The van der Waals surface area contributed by atoms with Crippen molar-refractivity contribution in [3.05, 3.63) is 53.6 Å². The number of urea groups is 1. The van der Waals surface area contributed by atoms with Crippen LogP contribution in [-0.2, 0) is 12.0 Å². The molecule has 1 aliphatic heterocycles. The molecular formula is C21H26N2O4. The van der Waals surface area contributed by atoms with Gasteiger partial charge in [-0.05, 0) is 40.8 Å². The molecule has 27 heavy (non-hydrogen) atoms. The highest BCUT2D eigenvalue weighted by Crippen LogP contribution is 2.32. The minimum atomic E-state index is -0.236. The lowest BCUT2D eigenvalue weighted by Gasteiger charge is -2.19. The Hall–Kier alpha value is -2.89. The third-order valence-electron chi connectivity index (χ3n) is 4.25. The summed E-state index contributed by atoms with van der Waals surface area (Å²) in [5, 5.41) is 5.61. The van der Waals surface area contributed by atoms with Gasteiger partial charge in [0.15, 0.2) is 11.5 Å². The number of rotatable bonds is 6. The zero-order chi connectivity index (χ0) is 19.3. The molecule has 0 radical (unpaired) electrons. The van der Waals surface area contributed by atoms with Crippen LogP contribution in [0.3, 0.4) is 0 Å². The van der Waals surface area contributed by atoms with Crippen molar-refractivity contribution in [2.24, 2.45) is 0 Å². The number of carbonyl (C=O) groups excluding carboxylic acids is 1. The summed E-state index contributed by atoms with van der Waals surface area (Å²) in [6, 6.07) is 13.4. The molecular weight excluding hydrogens is 344 g/mol. The van der Waals surface area contributed by atoms with Gasteiger partial charge in [-0.25, -0.2) is 4.79 Å². The molecule has 0 saturated heterocycles. The summed E-state index contributed by atoms with van der Waals surface area (Å²) in [5.41, 5.74) is 2.24. The molecule has 0 aliphatic carbocycles. The van der Waals surface area contributed by atoms with E-state index in [0.29, 0.717) is 25.4 Å². The van der Waals surface area contributed by atoms with E-state index in [2.05, 4.69) is 37.5 Å². The molecule has 144 valence electrons. The standard InChI is InChI=1S/C21H26N2O4/c1-21(2,3)16-5-4-6-17(12-16)25-10-9-22-20(24)23-13-15-7-8-18-19(11-15)27-14-26-18/h4-8,11-12H,9-10,13-14H2,1-3H3,(H2,22,23,24). The molecule has 0 atom stereocenters. The Kier molecular flexibility index (Phi) is 5.74. The van der Waals surface area contributed by atoms with Crippen LogP contribution < -0.4 is 24.8 Å². The summed E-state index contributed by atoms with van der Waals surface area (Å²) < 4.78 is 16.3. The Morgan fingerprint density at radius 1 is 1.07 bits per heavy atom. The first-order chi connectivity index (χ1) is 12.9. The molecule has 0 aromatic heterocycles. The second kappa shape index (κ2) is 8.20. The summed E-state index contributed by atoms with van der Waals surface area (Å²) in [4.78, 5) is 11.9. The molecule has 2 aromatic rings. The van der Waals surface area contributed by atoms with E-state index >= 15 is 0 Å². The van der Waals surface area contributed by atoms with Gasteiger partial charge in [-0.15, -0.1) is 0 Å². The summed E-state index contributed by atoms with van der Waals surface area (Å²) in [7, 11) is 0. The summed E-state index contributed by atoms with van der Waals surface area (Å²) in [6.45, 7) is 7.98. The SMILES string of the molecule is CC(C)(C)c1cccc(OCCNC(=O)NCc2ccc3c(c2)OCO3)c1. The first-order valence-corrected chi connectivity index (χ1v) is 9.05. The molecule has 0 spiro atoms. The second-order valence-electron chi connectivity index (χ2n) is 7.42. The quantitative estimate of drug-likeness (QED) is 0.763. The summed E-state index contributed by atoms with van der Waals surface area (Å²) in [6.07, 6.45) is 0. The average Bonchev–Trinajstić information content (AvgIpc) is 3.11. The molecule has 1 aliphatic rings. The first-order valence-electron chi connectivity index (χ1n) is 9.05. The monoisotopic (exact) mass is 370 g/mol. The van der Waals surface area contributed by atoms with E-state index in [0.717, 1.165) is 17.1 Å². The van der Waals surface area contributed by atoms with Gasteiger partial charge in [0.25, 0.3) is 0 Å². The normalized spacial score (nSPS) is 12.6. The molecule has 0 unspecified atom stereocenters. The van der Waals surface area contributed by atoms with E-state index in [9.17, 15) is 4.79 Å². The lowest BCUT2D eigenvalue weighted by molar-refractivity contribution is 0.174. The first kappa shape index (κ1) is 18.9. The van der Waals surface area contributed by atoms with Gasteiger partial charge in [-0.3, -0.25) is 0 Å². The Morgan fingerprint density at radius 2 is 1.89 bits per heavy atom. The number of benzene rings is 2. The molecule has 0 fully saturated rings. The lowest BCUT2D eigenvalue weighted by Crippen LogP contribution is -2.37. The van der Waals surface area contributed by atoms with Crippen LogP contribution >= 0.6 is 0 Å². The predicted molar refractivity (Wildman–Crippen MR) is 103 cm³/mol. The van der Waals surface area contributed by atoms with Crippen LogP contribution in [0.5, 0.6) is 17.2 Å². The molecule has 3 rings (SSSR count). The second-order valence-corrected chi connectivity index (χ2v) is 7.42. The fraction of sp³-hybridized carbons (Fsp3) is 0.381. The molecule has 0 saturated carbocycles. The van der Waals surface area contributed by atoms with E-state index in [-0.39, 0.29) is 18.2 Å². The topological polar surface area (TPSA) is 68.8 Å². The largest absolute Gasteiger partial charge is 0.492 e. The molecule has 2 N–H and O–H groups in total. The van der Waals surface area contributed by atoms with Crippen molar-refractivity contribution in [1.29, 1.82) is 0 Å². The maximum Gasteiger partial charge on any atom is 0.315 e. The zero-order valence-corrected chi connectivity index (χ0v) is 16.0. The number of carbonyl (C=O) groups is 1. The van der Waals surface area contributed by atoms with Crippen molar-refractivity contribution in [1.82, 2.24) is 10.6 Å². The highest BCUT2D eigenvalue weighted by atomic mass is 16.7. The van der Waals surface area contributed by atoms with Crippen LogP contribution in [0.1, 0.15) is 31.9 Å². The van der Waals surface area contributed by atoms with Gasteiger partial charge in [-0.1, -0.05) is 39.0 Å². The number of ether oxygens (including phenoxy) is 3. The molecule has 6 heteroatoms. The van der Waals surface area contributed by atoms with Gasteiger partial charge in [0.05, 0.1) is 6.54 Å². The third-order valence-corrected chi connectivity index (χ3v) is 4.25. The van der Waals surface area contributed by atoms with E-state index < -0.39 is 0 Å². The van der Waals surface area contributed by atoms with Gasteiger partial charge >= 0.3 is 6.03 Å². The van der Waals surface area contributed by atoms with Gasteiger partial charge < -0.3 is 24.8 Å². The van der Waals surface area contributed by atoms with E-state index in [1.807, 2.05) is 36.4 Å². The van der Waals surface area contributed by atoms with Crippen molar-refractivity contribution in [3.63, 3.8) is 0 Å². The van der Waals surface area contributed by atoms with Crippen molar-refractivity contribution in [2.75, 3.05) is 19.9 Å². The van der Waals surface area contributed by atoms with Crippen LogP contribution in [0.4, 0.5) is 4.79 Å². The Morgan fingerprint density at radius 3 is 2.70 bits per heavy atom. The van der Waals surface area contributed by atoms with Crippen LogP contribution in [0.2, 0.25) is 0 Å². The zero-order valence-electron chi connectivity index (χ0n) is 16.0. The maximum absolute atomic E-state index is 11.9. The molecule has 6 nitrogen and oxygen atoms in total. The fourth-order valence-electron chi connectivity index (χ4n) is 2.68. The Bertz CT molecular complexity index is 799. The van der Waals surface area contributed by atoms with Gasteiger partial charge in [0.1, 0.15) is 12.4 Å². The van der Waals surface area contributed by atoms with Gasteiger partial charge in [0.2, 0.25) is 6.79 Å². The van der Waals surface area contributed by atoms with Crippen LogP contribution in [0.25, 0.3) is 0 Å². The molecule has 0 bridgehead atoms. The van der Waals surface area contributed by atoms with Crippen molar-refractivity contribution in [3.8, 4) is 17.2 Å². The highest BCUT2D eigenvalue weighted by Gasteiger charge is 2.14. The van der Waals surface area contributed by atoms with E-state index in [1.54, 1.807) is 0 Å². The van der Waals surface area contributed by atoms with E-state index in [1.165, 1.54) is 5.56 Å². The number of hydrogen-bond donors (Lipinski definition) is 2. The predicted octanol–water partition coefficient (Wildman–Crippen LogP) is 3.59. The Balaban J connectivity index is 1.37. The number of amides is 2. The average molecular weight is 370 g/mol.